The predicted molar refractivity (Wildman–Crippen MR) is 68.9 cm³/mol. The zero-order valence-electron chi connectivity index (χ0n) is 9.69. The molecule has 0 aliphatic carbocycles. The minimum absolute atomic E-state index is 0. The van der Waals surface area contributed by atoms with Gasteiger partial charge in [-0.1, -0.05) is 29.8 Å². The van der Waals surface area contributed by atoms with E-state index in [1.54, 1.807) is 0 Å². The Kier molecular flexibility index (Phi) is 5.26. The molecule has 1 aliphatic heterocycles. The number of benzene rings is 1. The van der Waals surface area contributed by atoms with Gasteiger partial charge < -0.3 is 10.5 Å². The summed E-state index contributed by atoms with van der Waals surface area (Å²) in [6.07, 6.45) is 2.18. The minimum atomic E-state index is 0. The van der Waals surface area contributed by atoms with Crippen molar-refractivity contribution in [3.05, 3.63) is 35.4 Å². The van der Waals surface area contributed by atoms with Crippen LogP contribution in [0, 0.1) is 12.8 Å². The second-order valence-corrected chi connectivity index (χ2v) is 4.39. The van der Waals surface area contributed by atoms with E-state index in [-0.39, 0.29) is 18.4 Å². The van der Waals surface area contributed by atoms with E-state index in [9.17, 15) is 0 Å². The molecule has 2 rings (SSSR count). The molecule has 1 unspecified atom stereocenters. The maximum absolute atomic E-state index is 6.28. The molecule has 3 heteroatoms. The molecule has 1 atom stereocenters. The molecule has 0 bridgehead atoms. The molecule has 2 N–H and O–H groups in total. The van der Waals surface area contributed by atoms with E-state index in [2.05, 4.69) is 31.2 Å². The van der Waals surface area contributed by atoms with Crippen LogP contribution in [0.4, 0.5) is 0 Å². The van der Waals surface area contributed by atoms with Gasteiger partial charge in [0.25, 0.3) is 0 Å². The second-order valence-electron chi connectivity index (χ2n) is 4.39. The van der Waals surface area contributed by atoms with E-state index in [1.807, 2.05) is 0 Å². The summed E-state index contributed by atoms with van der Waals surface area (Å²) in [7, 11) is 0. The molecule has 1 aromatic carbocycles. The molecular weight excluding hydrogens is 222 g/mol. The fourth-order valence-corrected chi connectivity index (χ4v) is 2.22. The molecule has 2 nitrogen and oxygen atoms in total. The maximum Gasteiger partial charge on any atom is 0.0469 e. The average Bonchev–Trinajstić information content (AvgIpc) is 2.29. The van der Waals surface area contributed by atoms with Crippen molar-refractivity contribution in [1.29, 1.82) is 0 Å². The average molecular weight is 242 g/mol. The summed E-state index contributed by atoms with van der Waals surface area (Å²) in [6, 6.07) is 8.70. The monoisotopic (exact) mass is 241 g/mol. The van der Waals surface area contributed by atoms with Crippen LogP contribution in [-0.2, 0) is 4.74 Å². The maximum atomic E-state index is 6.28. The van der Waals surface area contributed by atoms with Gasteiger partial charge in [0.1, 0.15) is 0 Å². The molecule has 1 saturated heterocycles. The Morgan fingerprint density at radius 2 is 2.00 bits per heavy atom. The summed E-state index contributed by atoms with van der Waals surface area (Å²) in [5.74, 6) is 0.584. The number of rotatable bonds is 2. The molecule has 0 spiro atoms. The Morgan fingerprint density at radius 3 is 2.62 bits per heavy atom. The lowest BCUT2D eigenvalue weighted by Gasteiger charge is -2.28. The van der Waals surface area contributed by atoms with E-state index >= 15 is 0 Å². The van der Waals surface area contributed by atoms with E-state index in [0.29, 0.717) is 5.92 Å². The topological polar surface area (TPSA) is 35.2 Å². The van der Waals surface area contributed by atoms with Crippen LogP contribution in [0.5, 0.6) is 0 Å². The molecule has 1 fully saturated rings. The van der Waals surface area contributed by atoms with Crippen LogP contribution in [0.2, 0.25) is 0 Å². The van der Waals surface area contributed by atoms with E-state index in [0.717, 1.165) is 26.1 Å². The first-order valence-corrected chi connectivity index (χ1v) is 5.67. The molecule has 0 amide bonds. The summed E-state index contributed by atoms with van der Waals surface area (Å²) in [6.45, 7) is 3.84. The fraction of sp³-hybridized carbons (Fsp3) is 0.538. The van der Waals surface area contributed by atoms with Gasteiger partial charge in [-0.3, -0.25) is 0 Å². The summed E-state index contributed by atoms with van der Waals surface area (Å²) >= 11 is 0. The molecule has 1 aliphatic rings. The van der Waals surface area contributed by atoms with Crippen molar-refractivity contribution in [3.8, 4) is 0 Å². The lowest BCUT2D eigenvalue weighted by atomic mass is 9.87. The van der Waals surface area contributed by atoms with Crippen molar-refractivity contribution < 1.29 is 4.74 Å². The third kappa shape index (κ3) is 3.21. The molecule has 16 heavy (non-hydrogen) atoms. The van der Waals surface area contributed by atoms with Crippen molar-refractivity contribution >= 4 is 12.4 Å². The molecule has 90 valence electrons. The van der Waals surface area contributed by atoms with Crippen LogP contribution < -0.4 is 5.73 Å². The van der Waals surface area contributed by atoms with Crippen molar-refractivity contribution in [2.24, 2.45) is 11.7 Å². The Balaban J connectivity index is 0.00000128. The van der Waals surface area contributed by atoms with Gasteiger partial charge in [0, 0.05) is 19.3 Å². The fourth-order valence-electron chi connectivity index (χ4n) is 2.22. The van der Waals surface area contributed by atoms with Crippen molar-refractivity contribution in [1.82, 2.24) is 0 Å². The third-order valence-corrected chi connectivity index (χ3v) is 3.20. The summed E-state index contributed by atoms with van der Waals surface area (Å²) in [5, 5.41) is 0. The molecule has 0 aromatic heterocycles. The number of halogens is 1. The SMILES string of the molecule is Cc1cccc(C(N)C2CCOCC2)c1.Cl. The van der Waals surface area contributed by atoms with Gasteiger partial charge in [0.05, 0.1) is 0 Å². The second kappa shape index (κ2) is 6.24. The van der Waals surface area contributed by atoms with E-state index < -0.39 is 0 Å². The zero-order chi connectivity index (χ0) is 10.7. The van der Waals surface area contributed by atoms with Crippen LogP contribution in [0.25, 0.3) is 0 Å². The van der Waals surface area contributed by atoms with Gasteiger partial charge in [0.15, 0.2) is 0 Å². The van der Waals surface area contributed by atoms with Crippen LogP contribution in [-0.4, -0.2) is 13.2 Å². The quantitative estimate of drug-likeness (QED) is 0.864. The number of aryl methyl sites for hydroxylation is 1. The highest BCUT2D eigenvalue weighted by molar-refractivity contribution is 5.85. The smallest absolute Gasteiger partial charge is 0.0469 e. The highest BCUT2D eigenvalue weighted by Crippen LogP contribution is 2.28. The van der Waals surface area contributed by atoms with Crippen LogP contribution in [0.3, 0.4) is 0 Å². The zero-order valence-corrected chi connectivity index (χ0v) is 10.5. The summed E-state index contributed by atoms with van der Waals surface area (Å²) in [5.41, 5.74) is 8.84. The highest BCUT2D eigenvalue weighted by Gasteiger charge is 2.21. The summed E-state index contributed by atoms with van der Waals surface area (Å²) in [4.78, 5) is 0. The first-order valence-electron chi connectivity index (χ1n) is 5.67. The van der Waals surface area contributed by atoms with Crippen LogP contribution in [0.1, 0.15) is 30.0 Å². The largest absolute Gasteiger partial charge is 0.381 e. The summed E-state index contributed by atoms with van der Waals surface area (Å²) < 4.78 is 5.35. The number of nitrogens with two attached hydrogens (primary N) is 1. The first kappa shape index (κ1) is 13.5. The highest BCUT2D eigenvalue weighted by atomic mass is 35.5. The molecular formula is C13H20ClNO. The molecule has 0 saturated carbocycles. The van der Waals surface area contributed by atoms with Crippen molar-refractivity contribution in [2.75, 3.05) is 13.2 Å². The Hall–Kier alpha value is -0.570. The van der Waals surface area contributed by atoms with Gasteiger partial charge in [0.2, 0.25) is 0 Å². The number of ether oxygens (including phenoxy) is 1. The lowest BCUT2D eigenvalue weighted by Crippen LogP contribution is -2.27. The Bertz CT molecular complexity index is 323. The van der Waals surface area contributed by atoms with Gasteiger partial charge in [-0.15, -0.1) is 12.4 Å². The van der Waals surface area contributed by atoms with Gasteiger partial charge in [-0.05, 0) is 31.2 Å². The third-order valence-electron chi connectivity index (χ3n) is 3.20. The minimum Gasteiger partial charge on any atom is -0.381 e. The lowest BCUT2D eigenvalue weighted by molar-refractivity contribution is 0.0584. The van der Waals surface area contributed by atoms with Crippen molar-refractivity contribution in [2.45, 2.75) is 25.8 Å². The number of hydrogen-bond acceptors (Lipinski definition) is 2. The normalized spacial score (nSPS) is 18.9. The number of hydrogen-bond donors (Lipinski definition) is 1. The Labute approximate surface area is 104 Å². The van der Waals surface area contributed by atoms with Gasteiger partial charge in [-0.25, -0.2) is 0 Å². The van der Waals surface area contributed by atoms with Crippen LogP contribution >= 0.6 is 12.4 Å². The first-order chi connectivity index (χ1) is 7.27. The van der Waals surface area contributed by atoms with E-state index in [1.165, 1.54) is 11.1 Å². The van der Waals surface area contributed by atoms with Gasteiger partial charge >= 0.3 is 0 Å². The van der Waals surface area contributed by atoms with Gasteiger partial charge in [-0.2, -0.15) is 0 Å². The Morgan fingerprint density at radius 1 is 1.31 bits per heavy atom. The van der Waals surface area contributed by atoms with Crippen LogP contribution in [0.15, 0.2) is 24.3 Å². The van der Waals surface area contributed by atoms with E-state index in [4.69, 9.17) is 10.5 Å². The van der Waals surface area contributed by atoms with Crippen molar-refractivity contribution in [3.63, 3.8) is 0 Å². The molecule has 0 radical (unpaired) electrons. The predicted octanol–water partition coefficient (Wildman–Crippen LogP) is 2.84. The molecule has 1 aromatic rings. The molecule has 1 heterocycles. The standard InChI is InChI=1S/C13H19NO.ClH/c1-10-3-2-4-12(9-10)13(14)11-5-7-15-8-6-11;/h2-4,9,11,13H,5-8,14H2,1H3;1H.